The zero-order valence-electron chi connectivity index (χ0n) is 6.87. The molecular formula is C7H10N2O4. The van der Waals surface area contributed by atoms with Gasteiger partial charge in [0.1, 0.15) is 11.6 Å². The average Bonchev–Trinajstić information content (AvgIpc) is 2.61. The van der Waals surface area contributed by atoms with Crippen LogP contribution in [-0.4, -0.2) is 35.2 Å². The van der Waals surface area contributed by atoms with Gasteiger partial charge in [-0.05, 0) is 0 Å². The number of amides is 1. The Hall–Kier alpha value is -1.14. The van der Waals surface area contributed by atoms with Gasteiger partial charge in [-0.1, -0.05) is 0 Å². The van der Waals surface area contributed by atoms with Crippen LogP contribution >= 0.6 is 0 Å². The molecule has 0 bridgehead atoms. The Morgan fingerprint density at radius 3 is 2.92 bits per heavy atom. The average molecular weight is 186 g/mol. The van der Waals surface area contributed by atoms with Crippen LogP contribution in [0.25, 0.3) is 0 Å². The van der Waals surface area contributed by atoms with Crippen LogP contribution in [0.5, 0.6) is 0 Å². The van der Waals surface area contributed by atoms with Crippen LogP contribution < -0.4 is 10.8 Å². The van der Waals surface area contributed by atoms with E-state index in [1.807, 2.05) is 0 Å². The quantitative estimate of drug-likeness (QED) is 0.470. The van der Waals surface area contributed by atoms with Crippen molar-refractivity contribution in [2.75, 3.05) is 6.54 Å². The maximum atomic E-state index is 10.9. The van der Waals surface area contributed by atoms with E-state index in [1.54, 1.807) is 0 Å². The van der Waals surface area contributed by atoms with E-state index in [4.69, 9.17) is 9.94 Å². The van der Waals surface area contributed by atoms with Gasteiger partial charge < -0.3 is 10.4 Å². The largest absolute Gasteiger partial charge is 0.480 e. The highest BCUT2D eigenvalue weighted by Crippen LogP contribution is 2.29. The highest BCUT2D eigenvalue weighted by molar-refractivity contribution is 5.79. The first-order valence-electron chi connectivity index (χ1n) is 4.04. The molecule has 3 N–H and O–H groups in total. The smallest absolute Gasteiger partial charge is 0.320 e. The normalized spacial score (nSPS) is 38.2. The lowest BCUT2D eigenvalue weighted by atomic mass is 9.97. The Kier molecular flexibility index (Phi) is 1.74. The fraction of sp³-hybridized carbons (Fsp3) is 0.714. The van der Waals surface area contributed by atoms with E-state index in [0.717, 1.165) is 0 Å². The van der Waals surface area contributed by atoms with Crippen molar-refractivity contribution in [3.63, 3.8) is 0 Å². The minimum absolute atomic E-state index is 0.187. The van der Waals surface area contributed by atoms with Gasteiger partial charge in [-0.2, -0.15) is 0 Å². The Bertz CT molecular complexity index is 267. The molecule has 2 aliphatic rings. The lowest BCUT2D eigenvalue weighted by Gasteiger charge is -2.16. The molecule has 0 aromatic rings. The summed E-state index contributed by atoms with van der Waals surface area (Å²) in [5, 5.41) is 11.5. The fourth-order valence-corrected chi connectivity index (χ4v) is 1.74. The zero-order valence-corrected chi connectivity index (χ0v) is 6.87. The molecule has 1 spiro atoms. The molecule has 13 heavy (non-hydrogen) atoms. The van der Waals surface area contributed by atoms with Crippen molar-refractivity contribution in [3.8, 4) is 0 Å². The molecule has 2 aliphatic heterocycles. The van der Waals surface area contributed by atoms with Gasteiger partial charge in [0.25, 0.3) is 0 Å². The van der Waals surface area contributed by atoms with E-state index in [-0.39, 0.29) is 12.3 Å². The van der Waals surface area contributed by atoms with E-state index in [1.165, 1.54) is 0 Å². The molecule has 2 atom stereocenters. The number of carbonyl (C=O) groups excluding carboxylic acids is 1. The molecule has 0 unspecified atom stereocenters. The van der Waals surface area contributed by atoms with Gasteiger partial charge in [-0.25, -0.2) is 5.48 Å². The van der Waals surface area contributed by atoms with Gasteiger partial charge in [0.05, 0.1) is 6.42 Å². The number of hydroxylamine groups is 1. The minimum atomic E-state index is -0.903. The standard InChI is InChI=1S/C7H10N2O4/c10-5-2-7(13-9-5)1-4(6(11)12)8-3-7/h4,8H,1-3H2,(H,9,10)(H,11,12)/t4-,7+/m0/s1. The fourth-order valence-electron chi connectivity index (χ4n) is 1.74. The first-order valence-corrected chi connectivity index (χ1v) is 4.04. The lowest BCUT2D eigenvalue weighted by molar-refractivity contribution is -0.139. The van der Waals surface area contributed by atoms with Crippen molar-refractivity contribution in [2.24, 2.45) is 0 Å². The molecule has 0 radical (unpaired) electrons. The summed E-state index contributed by atoms with van der Waals surface area (Å²) in [5.74, 6) is -1.09. The van der Waals surface area contributed by atoms with Gasteiger partial charge in [0.2, 0.25) is 5.91 Å². The Morgan fingerprint density at radius 2 is 2.46 bits per heavy atom. The van der Waals surface area contributed by atoms with Crippen LogP contribution in [0.1, 0.15) is 12.8 Å². The van der Waals surface area contributed by atoms with E-state index in [0.29, 0.717) is 13.0 Å². The summed E-state index contributed by atoms with van der Waals surface area (Å²) < 4.78 is 0. The molecule has 6 heteroatoms. The van der Waals surface area contributed by atoms with Gasteiger partial charge in [0, 0.05) is 13.0 Å². The second kappa shape index (κ2) is 2.68. The van der Waals surface area contributed by atoms with Gasteiger partial charge in [-0.15, -0.1) is 0 Å². The highest BCUT2D eigenvalue weighted by atomic mass is 16.7. The second-order valence-electron chi connectivity index (χ2n) is 3.46. The summed E-state index contributed by atoms with van der Waals surface area (Å²) in [6, 6.07) is -0.604. The third kappa shape index (κ3) is 1.38. The number of rotatable bonds is 1. The number of hydrogen-bond acceptors (Lipinski definition) is 4. The number of carboxylic acid groups (broad SMARTS) is 1. The lowest BCUT2D eigenvalue weighted by Crippen LogP contribution is -2.31. The Balaban J connectivity index is 2.05. The van der Waals surface area contributed by atoms with Crippen LogP contribution in [0, 0.1) is 0 Å². The molecule has 0 saturated carbocycles. The van der Waals surface area contributed by atoms with Crippen LogP contribution in [0.2, 0.25) is 0 Å². The number of nitrogens with one attached hydrogen (secondary N) is 2. The molecule has 2 saturated heterocycles. The molecule has 6 nitrogen and oxygen atoms in total. The third-order valence-electron chi connectivity index (χ3n) is 2.41. The van der Waals surface area contributed by atoms with E-state index < -0.39 is 17.6 Å². The number of hydrogen-bond donors (Lipinski definition) is 3. The SMILES string of the molecule is O=C1C[C@]2(CN[C@H](C(=O)O)C2)ON1. The Morgan fingerprint density at radius 1 is 1.69 bits per heavy atom. The predicted molar refractivity (Wildman–Crippen MR) is 40.6 cm³/mol. The third-order valence-corrected chi connectivity index (χ3v) is 2.41. The number of aliphatic carboxylic acids is 1. The zero-order chi connectivity index (χ0) is 9.47. The second-order valence-corrected chi connectivity index (χ2v) is 3.46. The maximum absolute atomic E-state index is 10.9. The van der Waals surface area contributed by atoms with Crippen molar-refractivity contribution >= 4 is 11.9 Å². The van der Waals surface area contributed by atoms with Crippen LogP contribution in [-0.2, 0) is 14.4 Å². The highest BCUT2D eigenvalue weighted by Gasteiger charge is 2.48. The number of carbonyl (C=O) groups is 2. The van der Waals surface area contributed by atoms with Crippen molar-refractivity contribution in [2.45, 2.75) is 24.5 Å². The van der Waals surface area contributed by atoms with Crippen LogP contribution in [0.3, 0.4) is 0 Å². The summed E-state index contributed by atoms with van der Waals surface area (Å²) in [7, 11) is 0. The Labute approximate surface area is 74.2 Å². The van der Waals surface area contributed by atoms with Crippen LogP contribution in [0.15, 0.2) is 0 Å². The van der Waals surface area contributed by atoms with Crippen LogP contribution in [0.4, 0.5) is 0 Å². The summed E-state index contributed by atoms with van der Waals surface area (Å²) in [6.45, 7) is 0.405. The van der Waals surface area contributed by atoms with Crippen molar-refractivity contribution in [1.29, 1.82) is 0 Å². The first kappa shape index (κ1) is 8.46. The number of carboxylic acids is 1. The van der Waals surface area contributed by atoms with Crippen molar-refractivity contribution < 1.29 is 19.5 Å². The minimum Gasteiger partial charge on any atom is -0.480 e. The molecule has 0 aromatic carbocycles. The van der Waals surface area contributed by atoms with Gasteiger partial charge in [-0.3, -0.25) is 14.4 Å². The molecule has 2 rings (SSSR count). The maximum Gasteiger partial charge on any atom is 0.320 e. The van der Waals surface area contributed by atoms with Gasteiger partial charge >= 0.3 is 5.97 Å². The first-order chi connectivity index (χ1) is 6.11. The molecule has 72 valence electrons. The van der Waals surface area contributed by atoms with Crippen molar-refractivity contribution in [3.05, 3.63) is 0 Å². The van der Waals surface area contributed by atoms with E-state index >= 15 is 0 Å². The predicted octanol–water partition coefficient (Wildman–Crippen LogP) is -1.38. The summed E-state index contributed by atoms with van der Waals surface area (Å²) in [6.07, 6.45) is 0.574. The summed E-state index contributed by atoms with van der Waals surface area (Å²) in [4.78, 5) is 26.5. The molecular weight excluding hydrogens is 176 g/mol. The molecule has 0 aliphatic carbocycles. The molecule has 1 amide bonds. The topological polar surface area (TPSA) is 87.7 Å². The van der Waals surface area contributed by atoms with E-state index in [9.17, 15) is 9.59 Å². The summed E-state index contributed by atoms with van der Waals surface area (Å²) >= 11 is 0. The van der Waals surface area contributed by atoms with Gasteiger partial charge in [0.15, 0.2) is 0 Å². The molecule has 2 heterocycles. The molecule has 2 fully saturated rings. The molecule has 0 aromatic heterocycles. The summed E-state index contributed by atoms with van der Waals surface area (Å²) in [5.41, 5.74) is 1.60. The monoisotopic (exact) mass is 186 g/mol. The van der Waals surface area contributed by atoms with E-state index in [2.05, 4.69) is 10.8 Å². The van der Waals surface area contributed by atoms with Crippen molar-refractivity contribution in [1.82, 2.24) is 10.8 Å².